The van der Waals surface area contributed by atoms with Gasteiger partial charge in [-0.2, -0.15) is 0 Å². The summed E-state index contributed by atoms with van der Waals surface area (Å²) in [7, 11) is 3.38. The van der Waals surface area contributed by atoms with E-state index in [0.717, 1.165) is 55.1 Å². The maximum absolute atomic E-state index is 5.79. The number of tetrazole rings is 1. The summed E-state index contributed by atoms with van der Waals surface area (Å²) >= 11 is 0. The van der Waals surface area contributed by atoms with Gasteiger partial charge in [-0.3, -0.25) is 9.80 Å². The predicted octanol–water partition coefficient (Wildman–Crippen LogP) is 3.09. The van der Waals surface area contributed by atoms with Crippen LogP contribution in [0.3, 0.4) is 0 Å². The number of rotatable bonds is 6. The van der Waals surface area contributed by atoms with E-state index in [4.69, 9.17) is 9.47 Å². The molecule has 0 spiro atoms. The lowest BCUT2D eigenvalue weighted by molar-refractivity contribution is 0.0748. The second-order valence-electron chi connectivity index (χ2n) is 9.64. The van der Waals surface area contributed by atoms with Gasteiger partial charge in [0.1, 0.15) is 17.5 Å². The van der Waals surface area contributed by atoms with Gasteiger partial charge < -0.3 is 9.47 Å². The third-order valence-corrected chi connectivity index (χ3v) is 6.66. The van der Waals surface area contributed by atoms with Gasteiger partial charge in [-0.05, 0) is 56.2 Å². The van der Waals surface area contributed by atoms with Crippen LogP contribution >= 0.6 is 0 Å². The highest BCUT2D eigenvalue weighted by atomic mass is 16.5. The molecule has 0 unspecified atom stereocenters. The second kappa shape index (κ2) is 9.12. The van der Waals surface area contributed by atoms with Crippen LogP contribution in [0.1, 0.15) is 63.9 Å². The van der Waals surface area contributed by atoms with Crippen molar-refractivity contribution in [2.75, 3.05) is 40.4 Å². The first-order chi connectivity index (χ1) is 14.9. The highest BCUT2D eigenvalue weighted by molar-refractivity contribution is 5.44. The molecular weight excluding hydrogens is 392 g/mol. The molecule has 2 aliphatic rings. The van der Waals surface area contributed by atoms with Gasteiger partial charge in [0.15, 0.2) is 5.82 Å². The molecule has 170 valence electrons. The maximum atomic E-state index is 5.79. The summed E-state index contributed by atoms with van der Waals surface area (Å²) in [4.78, 5) is 5.18. The highest BCUT2D eigenvalue weighted by Gasteiger charge is 2.36. The Labute approximate surface area is 185 Å². The molecule has 8 nitrogen and oxygen atoms in total. The Kier molecular flexibility index (Phi) is 6.48. The van der Waals surface area contributed by atoms with Crippen LogP contribution in [0.25, 0.3) is 0 Å². The number of aromatic nitrogens is 4. The average molecular weight is 429 g/mol. The summed E-state index contributed by atoms with van der Waals surface area (Å²) in [5.74, 6) is 2.43. The monoisotopic (exact) mass is 428 g/mol. The summed E-state index contributed by atoms with van der Waals surface area (Å²) in [6, 6.07) is 6.71. The first-order valence-corrected chi connectivity index (χ1v) is 11.4. The molecule has 1 aromatic heterocycles. The van der Waals surface area contributed by atoms with Crippen LogP contribution in [0, 0.1) is 0 Å². The van der Waals surface area contributed by atoms with E-state index in [-0.39, 0.29) is 11.6 Å². The van der Waals surface area contributed by atoms with E-state index in [2.05, 4.69) is 52.2 Å². The molecule has 2 aromatic rings. The molecule has 2 heterocycles. The maximum Gasteiger partial charge on any atom is 0.173 e. The number of hydrogen-bond donors (Lipinski definition) is 0. The largest absolute Gasteiger partial charge is 0.497 e. The standard InChI is InChI=1S/C23H36N6O2/c1-23(2,3)29-22(24-25-26-29)21(19-11-10-18(30-4)16-20(19)31-5)28-14-12-27(13-15-28)17-8-6-7-9-17/h10-11,16-17,21H,6-9,12-15H2,1-5H3/t21-/m0/s1. The molecule has 1 saturated carbocycles. The van der Waals surface area contributed by atoms with Crippen LogP contribution in [-0.4, -0.2) is 76.4 Å². The molecular formula is C23H36N6O2. The Morgan fingerprint density at radius 3 is 2.32 bits per heavy atom. The fourth-order valence-electron chi connectivity index (χ4n) is 5.02. The van der Waals surface area contributed by atoms with Gasteiger partial charge in [0, 0.05) is 43.9 Å². The smallest absolute Gasteiger partial charge is 0.173 e. The third kappa shape index (κ3) is 4.55. The predicted molar refractivity (Wildman–Crippen MR) is 120 cm³/mol. The number of methoxy groups -OCH3 is 2. The van der Waals surface area contributed by atoms with Gasteiger partial charge in [-0.15, -0.1) is 5.10 Å². The van der Waals surface area contributed by atoms with E-state index >= 15 is 0 Å². The van der Waals surface area contributed by atoms with Gasteiger partial charge in [0.25, 0.3) is 0 Å². The lowest BCUT2D eigenvalue weighted by Gasteiger charge is -2.41. The van der Waals surface area contributed by atoms with E-state index in [9.17, 15) is 0 Å². The minimum absolute atomic E-state index is 0.0826. The minimum atomic E-state index is -0.220. The molecule has 0 radical (unpaired) electrons. The fraction of sp³-hybridized carbons (Fsp3) is 0.696. The minimum Gasteiger partial charge on any atom is -0.497 e. The first kappa shape index (κ1) is 22.0. The zero-order valence-corrected chi connectivity index (χ0v) is 19.5. The second-order valence-corrected chi connectivity index (χ2v) is 9.64. The highest BCUT2D eigenvalue weighted by Crippen LogP contribution is 2.38. The topological polar surface area (TPSA) is 68.5 Å². The Hall–Kier alpha value is -2.19. The van der Waals surface area contributed by atoms with Crippen LogP contribution < -0.4 is 9.47 Å². The number of benzene rings is 1. The van der Waals surface area contributed by atoms with E-state index in [1.807, 2.05) is 16.8 Å². The molecule has 1 aliphatic heterocycles. The summed E-state index contributed by atoms with van der Waals surface area (Å²) in [6.07, 6.45) is 5.43. The number of hydrogen-bond acceptors (Lipinski definition) is 7. The van der Waals surface area contributed by atoms with Crippen molar-refractivity contribution >= 4 is 0 Å². The summed E-state index contributed by atoms with van der Waals surface area (Å²) in [5, 5.41) is 12.9. The summed E-state index contributed by atoms with van der Waals surface area (Å²) < 4.78 is 13.2. The molecule has 4 rings (SSSR count). The van der Waals surface area contributed by atoms with Gasteiger partial charge >= 0.3 is 0 Å². The van der Waals surface area contributed by atoms with Crippen molar-refractivity contribution in [3.63, 3.8) is 0 Å². The first-order valence-electron chi connectivity index (χ1n) is 11.4. The molecule has 1 aromatic carbocycles. The zero-order chi connectivity index (χ0) is 22.0. The fourth-order valence-corrected chi connectivity index (χ4v) is 5.02. The summed E-state index contributed by atoms with van der Waals surface area (Å²) in [5.41, 5.74) is 0.848. The van der Waals surface area contributed by atoms with E-state index in [1.165, 1.54) is 25.7 Å². The molecule has 0 N–H and O–H groups in total. The van der Waals surface area contributed by atoms with Crippen molar-refractivity contribution in [3.05, 3.63) is 29.6 Å². The number of piperazine rings is 1. The van der Waals surface area contributed by atoms with Crippen molar-refractivity contribution in [1.29, 1.82) is 0 Å². The molecule has 1 saturated heterocycles. The van der Waals surface area contributed by atoms with Crippen LogP contribution in [0.2, 0.25) is 0 Å². The van der Waals surface area contributed by atoms with Crippen molar-refractivity contribution in [2.24, 2.45) is 0 Å². The van der Waals surface area contributed by atoms with Crippen molar-refractivity contribution in [2.45, 2.75) is 64.1 Å². The van der Waals surface area contributed by atoms with Gasteiger partial charge in [0.2, 0.25) is 0 Å². The molecule has 0 bridgehead atoms. The normalized spacial score (nSPS) is 20.2. The third-order valence-electron chi connectivity index (χ3n) is 6.66. The lowest BCUT2D eigenvalue weighted by atomic mass is 10.00. The van der Waals surface area contributed by atoms with E-state index in [0.29, 0.717) is 0 Å². The van der Waals surface area contributed by atoms with Crippen molar-refractivity contribution in [3.8, 4) is 11.5 Å². The Morgan fingerprint density at radius 2 is 1.71 bits per heavy atom. The van der Waals surface area contributed by atoms with Crippen LogP contribution in [-0.2, 0) is 5.54 Å². The Morgan fingerprint density at radius 1 is 1.00 bits per heavy atom. The Bertz CT molecular complexity index is 863. The van der Waals surface area contributed by atoms with Gasteiger partial charge in [0.05, 0.1) is 19.8 Å². The zero-order valence-electron chi connectivity index (χ0n) is 19.5. The van der Waals surface area contributed by atoms with E-state index in [1.54, 1.807) is 14.2 Å². The van der Waals surface area contributed by atoms with Crippen LogP contribution in [0.15, 0.2) is 18.2 Å². The molecule has 0 amide bonds. The molecule has 1 aliphatic carbocycles. The van der Waals surface area contributed by atoms with E-state index < -0.39 is 0 Å². The SMILES string of the molecule is COc1ccc([C@@H](c2nnnn2C(C)(C)C)N2CCN(C3CCCC3)CC2)c(OC)c1. The molecule has 31 heavy (non-hydrogen) atoms. The average Bonchev–Trinajstić information content (AvgIpc) is 3.47. The number of nitrogens with zero attached hydrogens (tertiary/aromatic N) is 6. The van der Waals surface area contributed by atoms with Crippen molar-refractivity contribution < 1.29 is 9.47 Å². The quantitative estimate of drug-likeness (QED) is 0.700. The summed E-state index contributed by atoms with van der Waals surface area (Å²) in [6.45, 7) is 10.5. The lowest BCUT2D eigenvalue weighted by Crippen LogP contribution is -2.51. The Balaban J connectivity index is 1.69. The molecule has 8 heteroatoms. The number of ether oxygens (including phenoxy) is 2. The molecule has 2 fully saturated rings. The van der Waals surface area contributed by atoms with Crippen LogP contribution in [0.4, 0.5) is 0 Å². The van der Waals surface area contributed by atoms with Gasteiger partial charge in [-0.1, -0.05) is 12.8 Å². The van der Waals surface area contributed by atoms with Crippen molar-refractivity contribution in [1.82, 2.24) is 30.0 Å². The van der Waals surface area contributed by atoms with Gasteiger partial charge in [-0.25, -0.2) is 4.68 Å². The van der Waals surface area contributed by atoms with Crippen LogP contribution in [0.5, 0.6) is 11.5 Å². The molecule has 1 atom stereocenters.